The highest BCUT2D eigenvalue weighted by molar-refractivity contribution is 7.92. The molecule has 1 N–H and O–H groups in total. The average molecular weight is 431 g/mol. The Morgan fingerprint density at radius 1 is 1.17 bits per heavy atom. The van der Waals surface area contributed by atoms with Crippen molar-refractivity contribution >= 4 is 44.3 Å². The van der Waals surface area contributed by atoms with Gasteiger partial charge in [0.1, 0.15) is 0 Å². The van der Waals surface area contributed by atoms with Gasteiger partial charge in [-0.3, -0.25) is 4.31 Å². The molecule has 3 heterocycles. The summed E-state index contributed by atoms with van der Waals surface area (Å²) in [4.78, 5) is 10.3. The molecule has 1 aromatic heterocycles. The van der Waals surface area contributed by atoms with E-state index in [1.54, 1.807) is 11.2 Å². The van der Waals surface area contributed by atoms with Gasteiger partial charge in [0, 0.05) is 30.1 Å². The Morgan fingerprint density at radius 2 is 1.93 bits per heavy atom. The Bertz CT molecular complexity index is 1180. The fourth-order valence-electron chi connectivity index (χ4n) is 4.68. The molecule has 29 heavy (non-hydrogen) atoms. The number of imidazole rings is 1. The number of aromatic amines is 1. The van der Waals surface area contributed by atoms with Gasteiger partial charge in [0.15, 0.2) is 0 Å². The van der Waals surface area contributed by atoms with Crippen LogP contribution in [0.2, 0.25) is 5.02 Å². The number of aromatic nitrogens is 2. The zero-order chi connectivity index (χ0) is 20.2. The van der Waals surface area contributed by atoms with E-state index in [1.807, 2.05) is 36.4 Å². The van der Waals surface area contributed by atoms with Gasteiger partial charge < -0.3 is 9.88 Å². The molecule has 0 radical (unpaired) electrons. The summed E-state index contributed by atoms with van der Waals surface area (Å²) in [6.45, 7) is 3.88. The molecule has 2 aliphatic rings. The standard InChI is InChI=1S/C21H23ClN4O2S/c1-2-29(27,28)26-14-21(16-5-3-4-6-19(16)26)9-11-25(12-10-21)20-23-17-8-7-15(22)13-18(17)24-20/h3-8,13H,2,9-12,14H2,1H3,(H,23,24). The second-order valence-corrected chi connectivity index (χ2v) is 10.5. The number of rotatable bonds is 3. The molecule has 3 aromatic rings. The number of hydrogen-bond donors (Lipinski definition) is 1. The number of benzene rings is 2. The molecule has 8 heteroatoms. The molecular weight excluding hydrogens is 408 g/mol. The van der Waals surface area contributed by atoms with Crippen molar-refractivity contribution in [2.24, 2.45) is 0 Å². The van der Waals surface area contributed by atoms with Crippen LogP contribution in [0.15, 0.2) is 42.5 Å². The van der Waals surface area contributed by atoms with Crippen molar-refractivity contribution in [2.45, 2.75) is 25.2 Å². The van der Waals surface area contributed by atoms with Gasteiger partial charge in [0.25, 0.3) is 0 Å². The van der Waals surface area contributed by atoms with Gasteiger partial charge in [-0.15, -0.1) is 0 Å². The highest BCUT2D eigenvalue weighted by Gasteiger charge is 2.47. The lowest BCUT2D eigenvalue weighted by Gasteiger charge is -2.39. The molecule has 0 aliphatic carbocycles. The van der Waals surface area contributed by atoms with Gasteiger partial charge in [-0.25, -0.2) is 13.4 Å². The van der Waals surface area contributed by atoms with Crippen LogP contribution < -0.4 is 9.21 Å². The van der Waals surface area contributed by atoms with E-state index in [1.165, 1.54) is 0 Å². The lowest BCUT2D eigenvalue weighted by atomic mass is 9.74. The van der Waals surface area contributed by atoms with Crippen LogP contribution in [-0.4, -0.2) is 43.8 Å². The first-order valence-corrected chi connectivity index (χ1v) is 11.9. The number of halogens is 1. The molecule has 0 amide bonds. The quantitative estimate of drug-likeness (QED) is 0.683. The number of hydrogen-bond acceptors (Lipinski definition) is 4. The number of para-hydroxylation sites is 1. The molecule has 152 valence electrons. The van der Waals surface area contributed by atoms with Crippen molar-refractivity contribution < 1.29 is 8.42 Å². The van der Waals surface area contributed by atoms with Crippen LogP contribution in [0.1, 0.15) is 25.3 Å². The highest BCUT2D eigenvalue weighted by atomic mass is 35.5. The maximum absolute atomic E-state index is 12.7. The molecule has 0 saturated carbocycles. The van der Waals surface area contributed by atoms with E-state index >= 15 is 0 Å². The van der Waals surface area contributed by atoms with E-state index in [0.29, 0.717) is 11.6 Å². The Morgan fingerprint density at radius 3 is 2.69 bits per heavy atom. The zero-order valence-electron chi connectivity index (χ0n) is 16.2. The molecule has 2 aromatic carbocycles. The molecule has 0 bridgehead atoms. The summed E-state index contributed by atoms with van der Waals surface area (Å²) in [6, 6.07) is 13.6. The smallest absolute Gasteiger partial charge is 0.234 e. The lowest BCUT2D eigenvalue weighted by molar-refractivity contribution is 0.354. The summed E-state index contributed by atoms with van der Waals surface area (Å²) in [5.41, 5.74) is 3.70. The fraction of sp³-hybridized carbons (Fsp3) is 0.381. The van der Waals surface area contributed by atoms with Crippen LogP contribution in [0, 0.1) is 0 Å². The SMILES string of the molecule is CCS(=O)(=O)N1CC2(CCN(c3nc4ccc(Cl)cc4[nH]3)CC2)c2ccccc21. The number of H-pyrrole nitrogens is 1. The lowest BCUT2D eigenvalue weighted by Crippen LogP contribution is -2.46. The van der Waals surface area contributed by atoms with Crippen molar-refractivity contribution in [1.29, 1.82) is 0 Å². The van der Waals surface area contributed by atoms with Crippen molar-refractivity contribution in [2.75, 3.05) is 34.6 Å². The summed E-state index contributed by atoms with van der Waals surface area (Å²) in [7, 11) is -3.29. The first-order valence-electron chi connectivity index (χ1n) is 9.92. The minimum absolute atomic E-state index is 0.116. The Balaban J connectivity index is 1.43. The van der Waals surface area contributed by atoms with Gasteiger partial charge in [0.05, 0.1) is 22.5 Å². The van der Waals surface area contributed by atoms with Gasteiger partial charge in [-0.1, -0.05) is 29.8 Å². The third-order valence-corrected chi connectivity index (χ3v) is 8.30. The third kappa shape index (κ3) is 2.99. The summed E-state index contributed by atoms with van der Waals surface area (Å²) in [5.74, 6) is 0.965. The highest BCUT2D eigenvalue weighted by Crippen LogP contribution is 2.48. The first-order chi connectivity index (χ1) is 13.9. The molecule has 2 aliphatic heterocycles. The van der Waals surface area contributed by atoms with Crippen LogP contribution >= 0.6 is 11.6 Å². The minimum atomic E-state index is -3.29. The monoisotopic (exact) mass is 430 g/mol. The second kappa shape index (κ2) is 6.64. The topological polar surface area (TPSA) is 69.3 Å². The van der Waals surface area contributed by atoms with Gasteiger partial charge >= 0.3 is 0 Å². The van der Waals surface area contributed by atoms with Gasteiger partial charge in [-0.2, -0.15) is 0 Å². The van der Waals surface area contributed by atoms with Crippen LogP contribution in [0.3, 0.4) is 0 Å². The molecule has 5 rings (SSSR count). The summed E-state index contributed by atoms with van der Waals surface area (Å²) < 4.78 is 27.0. The maximum Gasteiger partial charge on any atom is 0.234 e. The van der Waals surface area contributed by atoms with E-state index < -0.39 is 10.0 Å². The van der Waals surface area contributed by atoms with Crippen molar-refractivity contribution in [3.8, 4) is 0 Å². The number of fused-ring (bicyclic) bond motifs is 3. The summed E-state index contributed by atoms with van der Waals surface area (Å²) in [5, 5.41) is 0.685. The molecule has 1 saturated heterocycles. The predicted molar refractivity (Wildman–Crippen MR) is 117 cm³/mol. The van der Waals surface area contributed by atoms with Crippen molar-refractivity contribution in [1.82, 2.24) is 9.97 Å². The molecule has 0 atom stereocenters. The number of piperidine rings is 1. The summed E-state index contributed by atoms with van der Waals surface area (Å²) >= 11 is 6.09. The largest absolute Gasteiger partial charge is 0.342 e. The minimum Gasteiger partial charge on any atom is -0.342 e. The second-order valence-electron chi connectivity index (χ2n) is 7.91. The molecule has 1 spiro atoms. The average Bonchev–Trinajstić information content (AvgIpc) is 3.29. The molecule has 6 nitrogen and oxygen atoms in total. The van der Waals surface area contributed by atoms with E-state index in [9.17, 15) is 8.42 Å². The van der Waals surface area contributed by atoms with Gasteiger partial charge in [-0.05, 0) is 49.6 Å². The van der Waals surface area contributed by atoms with Crippen molar-refractivity contribution in [3.05, 3.63) is 53.1 Å². The van der Waals surface area contributed by atoms with Crippen LogP contribution in [0.25, 0.3) is 11.0 Å². The molecule has 1 fully saturated rings. The number of nitrogens with one attached hydrogen (secondary N) is 1. The van der Waals surface area contributed by atoms with E-state index in [2.05, 4.69) is 16.0 Å². The summed E-state index contributed by atoms with van der Waals surface area (Å²) in [6.07, 6.45) is 1.77. The predicted octanol–water partition coefficient (Wildman–Crippen LogP) is 3.92. The number of nitrogens with zero attached hydrogens (tertiary/aromatic N) is 3. The third-order valence-electron chi connectivity index (χ3n) is 6.34. The molecular formula is C21H23ClN4O2S. The van der Waals surface area contributed by atoms with E-state index in [4.69, 9.17) is 16.6 Å². The Labute approximate surface area is 175 Å². The van der Waals surface area contributed by atoms with E-state index in [-0.39, 0.29) is 11.2 Å². The Kier molecular flexibility index (Phi) is 4.29. The number of anilines is 2. The first kappa shape index (κ1) is 18.8. The van der Waals surface area contributed by atoms with Crippen molar-refractivity contribution in [3.63, 3.8) is 0 Å². The number of sulfonamides is 1. The van der Waals surface area contributed by atoms with E-state index in [0.717, 1.165) is 54.2 Å². The van der Waals surface area contributed by atoms with Crippen LogP contribution in [-0.2, 0) is 15.4 Å². The van der Waals surface area contributed by atoms with Gasteiger partial charge in [0.2, 0.25) is 16.0 Å². The normalized spacial score (nSPS) is 18.6. The fourth-order valence-corrected chi connectivity index (χ4v) is 6.07. The Hall–Kier alpha value is -2.25. The molecule has 0 unspecified atom stereocenters. The van der Waals surface area contributed by atoms with Crippen LogP contribution in [0.5, 0.6) is 0 Å². The van der Waals surface area contributed by atoms with Crippen LogP contribution in [0.4, 0.5) is 11.6 Å². The zero-order valence-corrected chi connectivity index (χ0v) is 17.8. The maximum atomic E-state index is 12.7.